The van der Waals surface area contributed by atoms with Crippen molar-refractivity contribution in [2.24, 2.45) is 0 Å². The zero-order valence-electron chi connectivity index (χ0n) is 16.3. The van der Waals surface area contributed by atoms with Gasteiger partial charge in [0.2, 0.25) is 11.7 Å². The number of ether oxygens (including phenoxy) is 1. The van der Waals surface area contributed by atoms with E-state index in [2.05, 4.69) is 25.2 Å². The Morgan fingerprint density at radius 2 is 1.81 bits per heavy atom. The minimum Gasteiger partial charge on any atom is -0.405 e. The summed E-state index contributed by atoms with van der Waals surface area (Å²) in [6, 6.07) is 15.5. The number of benzene rings is 2. The summed E-state index contributed by atoms with van der Waals surface area (Å²) in [7, 11) is 0. The first kappa shape index (κ1) is 21.0. The predicted octanol–water partition coefficient (Wildman–Crippen LogP) is 4.87. The van der Waals surface area contributed by atoms with Crippen molar-refractivity contribution >= 4 is 11.6 Å². The molecule has 0 aliphatic heterocycles. The van der Waals surface area contributed by atoms with E-state index in [-0.39, 0.29) is 12.0 Å². The zero-order chi connectivity index (χ0) is 22.6. The Balaban J connectivity index is 1.54. The number of pyridine rings is 1. The summed E-state index contributed by atoms with van der Waals surface area (Å²) < 4.78 is 47.2. The van der Waals surface area contributed by atoms with Gasteiger partial charge in [-0.2, -0.15) is 4.98 Å². The van der Waals surface area contributed by atoms with Gasteiger partial charge in [0.25, 0.3) is 5.91 Å². The molecule has 2 heterocycles. The van der Waals surface area contributed by atoms with Crippen molar-refractivity contribution in [1.82, 2.24) is 15.1 Å². The van der Waals surface area contributed by atoms with Crippen LogP contribution in [-0.4, -0.2) is 27.4 Å². The highest BCUT2D eigenvalue weighted by molar-refractivity contribution is 6.06. The molecule has 32 heavy (non-hydrogen) atoms. The topological polar surface area (TPSA) is 90.1 Å². The highest BCUT2D eigenvalue weighted by atomic mass is 19.4. The highest BCUT2D eigenvalue weighted by Gasteiger charge is 2.33. The quantitative estimate of drug-likeness (QED) is 0.460. The molecule has 0 aliphatic rings. The molecule has 162 valence electrons. The number of halogens is 3. The van der Waals surface area contributed by atoms with Crippen LogP contribution in [0.2, 0.25) is 0 Å². The lowest BCUT2D eigenvalue weighted by atomic mass is 10.1. The maximum atomic E-state index is 12.7. The monoisotopic (exact) mass is 440 g/mol. The second-order valence-electron chi connectivity index (χ2n) is 6.59. The van der Waals surface area contributed by atoms with E-state index in [0.29, 0.717) is 28.5 Å². The summed E-state index contributed by atoms with van der Waals surface area (Å²) in [6.45, 7) is 0. The van der Waals surface area contributed by atoms with Gasteiger partial charge < -0.3 is 14.6 Å². The summed E-state index contributed by atoms with van der Waals surface area (Å²) in [6.07, 6.45) is -1.49. The lowest BCUT2D eigenvalue weighted by molar-refractivity contribution is -0.274. The number of carbonyl (C=O) groups excluding carboxylic acids is 1. The number of alkyl halides is 3. The molecule has 0 fully saturated rings. The molecule has 10 heteroatoms. The van der Waals surface area contributed by atoms with Crippen LogP contribution in [0.25, 0.3) is 11.4 Å². The average molecular weight is 440 g/mol. The van der Waals surface area contributed by atoms with Gasteiger partial charge in [-0.25, -0.2) is 0 Å². The van der Waals surface area contributed by atoms with Crippen molar-refractivity contribution in [2.45, 2.75) is 12.8 Å². The number of rotatable bonds is 6. The number of nitrogens with zero attached hydrogens (tertiary/aromatic N) is 3. The van der Waals surface area contributed by atoms with Crippen molar-refractivity contribution in [1.29, 1.82) is 0 Å². The van der Waals surface area contributed by atoms with Crippen LogP contribution >= 0.6 is 0 Å². The van der Waals surface area contributed by atoms with Crippen LogP contribution in [0.5, 0.6) is 5.75 Å². The molecular weight excluding hydrogens is 425 g/mol. The molecule has 1 amide bonds. The van der Waals surface area contributed by atoms with Crippen molar-refractivity contribution in [3.63, 3.8) is 0 Å². The van der Waals surface area contributed by atoms with Crippen molar-refractivity contribution in [2.75, 3.05) is 5.32 Å². The molecule has 0 spiro atoms. The Morgan fingerprint density at radius 3 is 2.59 bits per heavy atom. The smallest absolute Gasteiger partial charge is 0.405 e. The number of anilines is 1. The Labute approximate surface area is 179 Å². The first-order valence-electron chi connectivity index (χ1n) is 9.36. The van der Waals surface area contributed by atoms with Crippen LogP contribution in [0.3, 0.4) is 0 Å². The molecule has 0 radical (unpaired) electrons. The summed E-state index contributed by atoms with van der Waals surface area (Å²) in [5, 5.41) is 6.56. The van der Waals surface area contributed by atoms with E-state index in [9.17, 15) is 18.0 Å². The van der Waals surface area contributed by atoms with Gasteiger partial charge in [0, 0.05) is 23.6 Å². The molecule has 7 nitrogen and oxygen atoms in total. The van der Waals surface area contributed by atoms with E-state index in [1.807, 2.05) is 0 Å². The first-order chi connectivity index (χ1) is 15.4. The van der Waals surface area contributed by atoms with Gasteiger partial charge in [0.1, 0.15) is 5.75 Å². The average Bonchev–Trinajstić information content (AvgIpc) is 3.23. The Bertz CT molecular complexity index is 1230. The number of carbonyl (C=O) groups is 1. The van der Waals surface area contributed by atoms with Crippen LogP contribution in [0.1, 0.15) is 21.8 Å². The summed E-state index contributed by atoms with van der Waals surface area (Å²) in [4.78, 5) is 21.0. The summed E-state index contributed by atoms with van der Waals surface area (Å²) in [5.41, 5.74) is 1.46. The second kappa shape index (κ2) is 8.88. The first-order valence-corrected chi connectivity index (χ1v) is 9.36. The second-order valence-corrected chi connectivity index (χ2v) is 6.59. The van der Waals surface area contributed by atoms with E-state index in [4.69, 9.17) is 4.52 Å². The zero-order valence-corrected chi connectivity index (χ0v) is 16.3. The number of amides is 1. The SMILES string of the molecule is O=C(Nc1ccccc1Cc1nc(-c2cccnc2)no1)c1ccccc1OC(F)(F)F. The molecule has 4 rings (SSSR count). The van der Waals surface area contributed by atoms with E-state index in [1.54, 1.807) is 48.8 Å². The molecule has 0 bridgehead atoms. The largest absolute Gasteiger partial charge is 0.573 e. The fraction of sp³-hybridized carbons (Fsp3) is 0.0909. The summed E-state index contributed by atoms with van der Waals surface area (Å²) >= 11 is 0. The maximum Gasteiger partial charge on any atom is 0.573 e. The van der Waals surface area contributed by atoms with Gasteiger partial charge in [-0.05, 0) is 35.9 Å². The minimum absolute atomic E-state index is 0.199. The normalized spacial score (nSPS) is 11.2. The third-order valence-corrected chi connectivity index (χ3v) is 4.35. The van der Waals surface area contributed by atoms with E-state index in [0.717, 1.165) is 6.07 Å². The van der Waals surface area contributed by atoms with Crippen molar-refractivity contribution in [3.8, 4) is 17.1 Å². The molecule has 0 atom stereocenters. The fourth-order valence-electron chi connectivity index (χ4n) is 2.96. The number of aromatic nitrogens is 3. The molecule has 0 saturated carbocycles. The van der Waals surface area contributed by atoms with Crippen molar-refractivity contribution in [3.05, 3.63) is 90.1 Å². The third-order valence-electron chi connectivity index (χ3n) is 4.35. The van der Waals surface area contributed by atoms with Gasteiger partial charge in [-0.3, -0.25) is 9.78 Å². The van der Waals surface area contributed by atoms with E-state index < -0.39 is 18.0 Å². The van der Waals surface area contributed by atoms with Gasteiger partial charge in [-0.1, -0.05) is 35.5 Å². The van der Waals surface area contributed by atoms with E-state index >= 15 is 0 Å². The minimum atomic E-state index is -4.92. The molecule has 0 unspecified atom stereocenters. The molecule has 0 saturated heterocycles. The van der Waals surface area contributed by atoms with Crippen LogP contribution in [0.4, 0.5) is 18.9 Å². The molecule has 4 aromatic rings. The Hall–Kier alpha value is -4.21. The van der Waals surface area contributed by atoms with Crippen LogP contribution in [-0.2, 0) is 6.42 Å². The van der Waals surface area contributed by atoms with Crippen molar-refractivity contribution < 1.29 is 27.2 Å². The molecule has 2 aromatic carbocycles. The third kappa shape index (κ3) is 5.09. The number of hydrogen-bond acceptors (Lipinski definition) is 6. The number of para-hydroxylation sites is 2. The van der Waals surface area contributed by atoms with Gasteiger partial charge in [-0.15, -0.1) is 13.2 Å². The van der Waals surface area contributed by atoms with Crippen LogP contribution < -0.4 is 10.1 Å². The lowest BCUT2D eigenvalue weighted by Crippen LogP contribution is -2.21. The fourth-order valence-corrected chi connectivity index (χ4v) is 2.96. The summed E-state index contributed by atoms with van der Waals surface area (Å²) in [5.74, 6) is -0.675. The van der Waals surface area contributed by atoms with Crippen LogP contribution in [0, 0.1) is 0 Å². The van der Waals surface area contributed by atoms with E-state index in [1.165, 1.54) is 18.2 Å². The predicted molar refractivity (Wildman–Crippen MR) is 108 cm³/mol. The number of nitrogens with one attached hydrogen (secondary N) is 1. The Morgan fingerprint density at radius 1 is 1.03 bits per heavy atom. The van der Waals surface area contributed by atoms with Gasteiger partial charge in [0.15, 0.2) is 0 Å². The Kier molecular flexibility index (Phi) is 5.84. The molecular formula is C22H15F3N4O3. The van der Waals surface area contributed by atoms with Gasteiger partial charge >= 0.3 is 6.36 Å². The standard InChI is InChI=1S/C22H15F3N4O3/c23-22(24,25)31-18-10-4-2-8-16(18)21(30)27-17-9-3-1-6-14(17)12-19-28-20(29-32-19)15-7-5-11-26-13-15/h1-11,13H,12H2,(H,27,30). The molecule has 1 N–H and O–H groups in total. The maximum absolute atomic E-state index is 12.7. The lowest BCUT2D eigenvalue weighted by Gasteiger charge is -2.14. The molecule has 2 aromatic heterocycles. The highest BCUT2D eigenvalue weighted by Crippen LogP contribution is 2.28. The van der Waals surface area contributed by atoms with Gasteiger partial charge in [0.05, 0.1) is 12.0 Å². The van der Waals surface area contributed by atoms with Crippen LogP contribution in [0.15, 0.2) is 77.6 Å². The molecule has 0 aliphatic carbocycles. The number of hydrogen-bond donors (Lipinski definition) is 1.